The molecule has 0 radical (unpaired) electrons. The van der Waals surface area contributed by atoms with Crippen LogP contribution in [-0.4, -0.2) is 14.8 Å². The second-order valence-electron chi connectivity index (χ2n) is 4.86. The highest BCUT2D eigenvalue weighted by molar-refractivity contribution is 5.29. The van der Waals surface area contributed by atoms with Crippen LogP contribution in [0.1, 0.15) is 23.9 Å². The molecule has 0 aliphatic heterocycles. The van der Waals surface area contributed by atoms with Gasteiger partial charge in [-0.1, -0.05) is 12.1 Å². The molecule has 0 amide bonds. The minimum atomic E-state index is -0.671. The van der Waals surface area contributed by atoms with Gasteiger partial charge in [0.2, 0.25) is 0 Å². The number of aryl methyl sites for hydroxylation is 2. The molecule has 18 heavy (non-hydrogen) atoms. The fourth-order valence-corrected chi connectivity index (χ4v) is 1.86. The lowest BCUT2D eigenvalue weighted by Gasteiger charge is -2.25. The molecule has 96 valence electrons. The third-order valence-electron chi connectivity index (χ3n) is 3.16. The number of hydrogen-bond acceptors (Lipinski definition) is 3. The average molecular weight is 248 g/mol. The summed E-state index contributed by atoms with van der Waals surface area (Å²) in [7, 11) is 1.81. The van der Waals surface area contributed by atoms with Crippen LogP contribution in [-0.2, 0) is 19.0 Å². The van der Waals surface area contributed by atoms with Crippen molar-refractivity contribution in [3.05, 3.63) is 47.3 Å². The summed E-state index contributed by atoms with van der Waals surface area (Å²) in [6, 6.07) is 5.09. The van der Waals surface area contributed by atoms with E-state index in [1.165, 1.54) is 12.4 Å². The first-order chi connectivity index (χ1) is 8.40. The Labute approximate surface area is 106 Å². The van der Waals surface area contributed by atoms with Gasteiger partial charge in [-0.2, -0.15) is 5.10 Å². The maximum absolute atomic E-state index is 13.6. The van der Waals surface area contributed by atoms with Gasteiger partial charge < -0.3 is 5.73 Å². The molecule has 0 saturated heterocycles. The predicted molar refractivity (Wildman–Crippen MR) is 67.4 cm³/mol. The summed E-state index contributed by atoms with van der Waals surface area (Å²) >= 11 is 0. The first kappa shape index (κ1) is 12.7. The van der Waals surface area contributed by atoms with Gasteiger partial charge >= 0.3 is 0 Å². The topological polar surface area (TPSA) is 56.7 Å². The summed E-state index contributed by atoms with van der Waals surface area (Å²) in [5.74, 6) is 0.545. The van der Waals surface area contributed by atoms with Gasteiger partial charge in [-0.25, -0.2) is 9.37 Å². The Morgan fingerprint density at radius 1 is 1.44 bits per heavy atom. The Balaban J connectivity index is 2.30. The number of aromatic nitrogens is 3. The van der Waals surface area contributed by atoms with Gasteiger partial charge in [0, 0.05) is 19.0 Å². The SMILES string of the molecule is Cc1ccc(C(C)(N)Cc2ncnn2C)cc1F. The van der Waals surface area contributed by atoms with E-state index in [1.807, 2.05) is 20.0 Å². The van der Waals surface area contributed by atoms with Crippen molar-refractivity contribution in [3.63, 3.8) is 0 Å². The average Bonchev–Trinajstić information content (AvgIpc) is 2.67. The monoisotopic (exact) mass is 248 g/mol. The Morgan fingerprint density at radius 2 is 2.17 bits per heavy atom. The second-order valence-corrected chi connectivity index (χ2v) is 4.86. The molecule has 0 spiro atoms. The maximum atomic E-state index is 13.6. The van der Waals surface area contributed by atoms with Gasteiger partial charge in [-0.15, -0.1) is 0 Å². The number of rotatable bonds is 3. The maximum Gasteiger partial charge on any atom is 0.138 e. The summed E-state index contributed by atoms with van der Waals surface area (Å²) in [5.41, 5.74) is 6.97. The van der Waals surface area contributed by atoms with E-state index in [4.69, 9.17) is 5.73 Å². The minimum Gasteiger partial charge on any atom is -0.321 e. The fraction of sp³-hybridized carbons (Fsp3) is 0.385. The van der Waals surface area contributed by atoms with Crippen LogP contribution in [0.5, 0.6) is 0 Å². The molecule has 0 aliphatic rings. The van der Waals surface area contributed by atoms with Gasteiger partial charge in [0.1, 0.15) is 18.0 Å². The molecule has 0 saturated carbocycles. The van der Waals surface area contributed by atoms with Crippen molar-refractivity contribution in [2.75, 3.05) is 0 Å². The molecule has 0 fully saturated rings. The summed E-state index contributed by atoms with van der Waals surface area (Å²) in [6.45, 7) is 3.60. The molecule has 4 nitrogen and oxygen atoms in total. The van der Waals surface area contributed by atoms with Crippen molar-refractivity contribution in [2.45, 2.75) is 25.8 Å². The Morgan fingerprint density at radius 3 is 2.72 bits per heavy atom. The highest BCUT2D eigenvalue weighted by atomic mass is 19.1. The molecule has 1 aromatic carbocycles. The van der Waals surface area contributed by atoms with E-state index in [2.05, 4.69) is 10.1 Å². The summed E-state index contributed by atoms with van der Waals surface area (Å²) in [6.07, 6.45) is 1.99. The van der Waals surface area contributed by atoms with Crippen LogP contribution < -0.4 is 5.73 Å². The fourth-order valence-electron chi connectivity index (χ4n) is 1.86. The molecule has 1 atom stereocenters. The van der Waals surface area contributed by atoms with E-state index < -0.39 is 5.54 Å². The van der Waals surface area contributed by atoms with E-state index >= 15 is 0 Å². The standard InChI is InChI=1S/C13H17FN4/c1-9-4-5-10(6-11(9)14)13(2,15)7-12-16-8-17-18(12)3/h4-6,8H,7,15H2,1-3H3. The Hall–Kier alpha value is -1.75. The lowest BCUT2D eigenvalue weighted by molar-refractivity contribution is 0.461. The molecule has 1 unspecified atom stereocenters. The van der Waals surface area contributed by atoms with Crippen molar-refractivity contribution in [2.24, 2.45) is 12.8 Å². The third kappa shape index (κ3) is 2.41. The molecule has 2 aromatic rings. The summed E-state index contributed by atoms with van der Waals surface area (Å²) in [5, 5.41) is 4.00. The number of nitrogens with two attached hydrogens (primary N) is 1. The van der Waals surface area contributed by atoms with E-state index in [1.54, 1.807) is 17.7 Å². The van der Waals surface area contributed by atoms with Crippen molar-refractivity contribution in [1.29, 1.82) is 0 Å². The first-order valence-corrected chi connectivity index (χ1v) is 5.78. The van der Waals surface area contributed by atoms with Crippen LogP contribution >= 0.6 is 0 Å². The summed E-state index contributed by atoms with van der Waals surface area (Å²) < 4.78 is 15.3. The molecule has 2 N–H and O–H groups in total. The van der Waals surface area contributed by atoms with Crippen LogP contribution in [0.4, 0.5) is 4.39 Å². The van der Waals surface area contributed by atoms with Crippen LogP contribution in [0.15, 0.2) is 24.5 Å². The summed E-state index contributed by atoms with van der Waals surface area (Å²) in [4.78, 5) is 4.14. The smallest absolute Gasteiger partial charge is 0.138 e. The highest BCUT2D eigenvalue weighted by Gasteiger charge is 2.24. The van der Waals surface area contributed by atoms with Gasteiger partial charge in [-0.05, 0) is 31.0 Å². The zero-order chi connectivity index (χ0) is 13.3. The van der Waals surface area contributed by atoms with Crippen LogP contribution in [0, 0.1) is 12.7 Å². The van der Waals surface area contributed by atoms with Gasteiger partial charge in [0.25, 0.3) is 0 Å². The molecule has 1 aromatic heterocycles. The van der Waals surface area contributed by atoms with E-state index in [9.17, 15) is 4.39 Å². The lowest BCUT2D eigenvalue weighted by atomic mass is 9.89. The molecule has 1 heterocycles. The molecule has 2 rings (SSSR count). The third-order valence-corrected chi connectivity index (χ3v) is 3.16. The lowest BCUT2D eigenvalue weighted by Crippen LogP contribution is -2.36. The van der Waals surface area contributed by atoms with E-state index in [-0.39, 0.29) is 5.82 Å². The van der Waals surface area contributed by atoms with Crippen molar-refractivity contribution < 1.29 is 4.39 Å². The minimum absolute atomic E-state index is 0.234. The molecular formula is C13H17FN4. The molecule has 0 bridgehead atoms. The first-order valence-electron chi connectivity index (χ1n) is 5.78. The van der Waals surface area contributed by atoms with Crippen molar-refractivity contribution >= 4 is 0 Å². The molecule has 5 heteroatoms. The Bertz CT molecular complexity index is 560. The van der Waals surface area contributed by atoms with Gasteiger partial charge in [0.15, 0.2) is 0 Å². The second kappa shape index (κ2) is 4.49. The molecular weight excluding hydrogens is 231 g/mol. The van der Waals surface area contributed by atoms with E-state index in [0.717, 1.165) is 11.4 Å². The van der Waals surface area contributed by atoms with Crippen LogP contribution in [0.3, 0.4) is 0 Å². The van der Waals surface area contributed by atoms with E-state index in [0.29, 0.717) is 12.0 Å². The zero-order valence-electron chi connectivity index (χ0n) is 10.8. The highest BCUT2D eigenvalue weighted by Crippen LogP contribution is 2.23. The number of nitrogens with zero attached hydrogens (tertiary/aromatic N) is 3. The van der Waals surface area contributed by atoms with Gasteiger partial charge in [0.05, 0.1) is 0 Å². The number of hydrogen-bond donors (Lipinski definition) is 1. The zero-order valence-corrected chi connectivity index (χ0v) is 10.8. The van der Waals surface area contributed by atoms with Crippen LogP contribution in [0.25, 0.3) is 0 Å². The van der Waals surface area contributed by atoms with Crippen molar-refractivity contribution in [1.82, 2.24) is 14.8 Å². The van der Waals surface area contributed by atoms with Gasteiger partial charge in [-0.3, -0.25) is 4.68 Å². The largest absolute Gasteiger partial charge is 0.321 e. The predicted octanol–water partition coefficient (Wildman–Crippen LogP) is 1.68. The van der Waals surface area contributed by atoms with Crippen LogP contribution in [0.2, 0.25) is 0 Å². The normalized spacial score (nSPS) is 14.5. The molecule has 0 aliphatic carbocycles. The Kier molecular flexibility index (Phi) is 3.17. The van der Waals surface area contributed by atoms with Crippen molar-refractivity contribution in [3.8, 4) is 0 Å². The number of benzene rings is 1. The number of halogens is 1. The quantitative estimate of drug-likeness (QED) is 0.899.